The monoisotopic (exact) mass is 431 g/mol. The van der Waals surface area contributed by atoms with Gasteiger partial charge in [-0.25, -0.2) is 12.8 Å². The predicted molar refractivity (Wildman–Crippen MR) is 110 cm³/mol. The molecular weight excluding hydrogens is 413 g/mol. The predicted octanol–water partition coefficient (Wildman–Crippen LogP) is 3.68. The molecule has 3 rings (SSSR count). The van der Waals surface area contributed by atoms with E-state index in [2.05, 4.69) is 10.0 Å². The minimum absolute atomic E-state index is 0.00551. The van der Waals surface area contributed by atoms with E-state index in [1.54, 1.807) is 36.4 Å². The van der Waals surface area contributed by atoms with Crippen LogP contribution < -0.4 is 10.0 Å². The average molecular weight is 431 g/mol. The lowest BCUT2D eigenvalue weighted by Gasteiger charge is -2.14. The topological polar surface area (TPSA) is 122 Å². The fourth-order valence-electron chi connectivity index (χ4n) is 2.76. The van der Waals surface area contributed by atoms with E-state index < -0.39 is 32.6 Å². The first-order valence-corrected chi connectivity index (χ1v) is 10.3. The van der Waals surface area contributed by atoms with Gasteiger partial charge in [0.25, 0.3) is 15.7 Å². The van der Waals surface area contributed by atoms with Crippen molar-refractivity contribution in [3.05, 3.63) is 94.3 Å². The first-order valence-electron chi connectivity index (χ1n) is 8.80. The minimum atomic E-state index is -4.05. The van der Waals surface area contributed by atoms with Crippen molar-refractivity contribution < 1.29 is 22.8 Å². The van der Waals surface area contributed by atoms with Crippen LogP contribution in [-0.4, -0.2) is 25.0 Å². The third kappa shape index (κ3) is 4.91. The summed E-state index contributed by atoms with van der Waals surface area (Å²) in [5.74, 6) is -0.602. The maximum Gasteiger partial charge on any atom is 0.293 e. The highest BCUT2D eigenvalue weighted by molar-refractivity contribution is 7.92. The summed E-state index contributed by atoms with van der Waals surface area (Å²) in [6.07, 6.45) is -1.26. The summed E-state index contributed by atoms with van der Waals surface area (Å²) in [7, 11) is -4.05. The van der Waals surface area contributed by atoms with Crippen molar-refractivity contribution in [2.24, 2.45) is 0 Å². The highest BCUT2D eigenvalue weighted by atomic mass is 32.2. The molecule has 3 aromatic rings. The van der Waals surface area contributed by atoms with E-state index in [1.807, 2.05) is 0 Å². The number of hydrogen-bond donors (Lipinski definition) is 3. The standard InChI is InChI=1S/C20H18FN3O5S/c21-17-9-5-4-8-16(17)20(25)13-22-18-11-10-15(12-19(18)24(26)27)30(28,29)23-14-6-2-1-3-7-14/h1-12,20,22-23,25H,13H2. The van der Waals surface area contributed by atoms with E-state index in [1.165, 1.54) is 30.3 Å². The lowest BCUT2D eigenvalue weighted by atomic mass is 10.1. The zero-order valence-electron chi connectivity index (χ0n) is 15.5. The summed E-state index contributed by atoms with van der Waals surface area (Å²) < 4.78 is 41.2. The third-order valence-electron chi connectivity index (χ3n) is 4.25. The Morgan fingerprint density at radius 3 is 2.37 bits per heavy atom. The molecule has 0 radical (unpaired) electrons. The molecule has 3 aromatic carbocycles. The van der Waals surface area contributed by atoms with E-state index in [9.17, 15) is 28.0 Å². The van der Waals surface area contributed by atoms with Crippen LogP contribution in [0.1, 0.15) is 11.7 Å². The summed E-state index contributed by atoms with van der Waals surface area (Å²) in [5.41, 5.74) is -0.144. The zero-order chi connectivity index (χ0) is 21.7. The maximum absolute atomic E-state index is 13.8. The molecule has 0 fully saturated rings. The molecule has 0 heterocycles. The Kier molecular flexibility index (Phi) is 6.28. The number of nitro benzene ring substituents is 1. The Morgan fingerprint density at radius 1 is 1.03 bits per heavy atom. The summed E-state index contributed by atoms with van der Waals surface area (Å²) in [6, 6.07) is 17.1. The number of aliphatic hydroxyl groups is 1. The van der Waals surface area contributed by atoms with Crippen LogP contribution in [0.4, 0.5) is 21.5 Å². The SMILES string of the molecule is O=[N+]([O-])c1cc(S(=O)(=O)Nc2ccccc2)ccc1NCC(O)c1ccccc1F. The molecule has 0 aliphatic rings. The van der Waals surface area contributed by atoms with Gasteiger partial charge in [0.15, 0.2) is 0 Å². The number of sulfonamides is 1. The van der Waals surface area contributed by atoms with Crippen molar-refractivity contribution in [2.75, 3.05) is 16.6 Å². The Balaban J connectivity index is 1.82. The first-order chi connectivity index (χ1) is 14.3. The summed E-state index contributed by atoms with van der Waals surface area (Å²) in [6.45, 7) is -0.212. The van der Waals surface area contributed by atoms with Crippen LogP contribution in [0.25, 0.3) is 0 Å². The summed E-state index contributed by atoms with van der Waals surface area (Å²) in [4.78, 5) is 10.4. The van der Waals surface area contributed by atoms with E-state index in [0.29, 0.717) is 5.69 Å². The number of hydrogen-bond acceptors (Lipinski definition) is 6. The molecule has 0 bridgehead atoms. The van der Waals surface area contributed by atoms with Crippen LogP contribution in [0.2, 0.25) is 0 Å². The van der Waals surface area contributed by atoms with Crippen molar-refractivity contribution in [1.82, 2.24) is 0 Å². The fourth-order valence-corrected chi connectivity index (χ4v) is 3.84. The normalized spacial score (nSPS) is 12.2. The summed E-state index contributed by atoms with van der Waals surface area (Å²) >= 11 is 0. The number of nitrogens with zero attached hydrogens (tertiary/aromatic N) is 1. The average Bonchev–Trinajstić information content (AvgIpc) is 2.72. The summed E-state index contributed by atoms with van der Waals surface area (Å²) in [5, 5.41) is 24.3. The number of benzene rings is 3. The van der Waals surface area contributed by atoms with E-state index in [4.69, 9.17) is 0 Å². The number of nitrogens with one attached hydrogen (secondary N) is 2. The molecular formula is C20H18FN3O5S. The Morgan fingerprint density at radius 2 is 1.70 bits per heavy atom. The second kappa shape index (κ2) is 8.89. The molecule has 1 atom stereocenters. The number of halogens is 1. The fraction of sp³-hybridized carbons (Fsp3) is 0.100. The quantitative estimate of drug-likeness (QED) is 0.369. The first kappa shape index (κ1) is 21.2. The number of rotatable bonds is 8. The van der Waals surface area contributed by atoms with Crippen molar-refractivity contribution in [1.29, 1.82) is 0 Å². The van der Waals surface area contributed by atoms with Gasteiger partial charge in [-0.05, 0) is 30.3 Å². The minimum Gasteiger partial charge on any atom is -0.386 e. The lowest BCUT2D eigenvalue weighted by molar-refractivity contribution is -0.384. The molecule has 0 saturated carbocycles. The highest BCUT2D eigenvalue weighted by Crippen LogP contribution is 2.29. The zero-order valence-corrected chi connectivity index (χ0v) is 16.3. The van der Waals surface area contributed by atoms with Gasteiger partial charge < -0.3 is 10.4 Å². The van der Waals surface area contributed by atoms with Gasteiger partial charge in [0.05, 0.1) is 15.9 Å². The van der Waals surface area contributed by atoms with Gasteiger partial charge in [-0.3, -0.25) is 14.8 Å². The third-order valence-corrected chi connectivity index (χ3v) is 5.63. The second-order valence-corrected chi connectivity index (χ2v) is 8.01. The molecule has 0 spiro atoms. The number of para-hydroxylation sites is 1. The molecule has 3 N–H and O–H groups in total. The molecule has 30 heavy (non-hydrogen) atoms. The van der Waals surface area contributed by atoms with Gasteiger partial charge in [0.1, 0.15) is 11.5 Å². The molecule has 10 heteroatoms. The Bertz CT molecular complexity index is 1160. The molecule has 0 aromatic heterocycles. The molecule has 0 aliphatic carbocycles. The van der Waals surface area contributed by atoms with Crippen LogP contribution in [0.3, 0.4) is 0 Å². The van der Waals surface area contributed by atoms with Crippen LogP contribution >= 0.6 is 0 Å². The highest BCUT2D eigenvalue weighted by Gasteiger charge is 2.22. The largest absolute Gasteiger partial charge is 0.386 e. The molecule has 0 saturated heterocycles. The molecule has 1 unspecified atom stereocenters. The number of aliphatic hydroxyl groups excluding tert-OH is 1. The molecule has 0 aliphatic heterocycles. The van der Waals surface area contributed by atoms with E-state index in [0.717, 1.165) is 6.07 Å². The van der Waals surface area contributed by atoms with Crippen molar-refractivity contribution in [3.63, 3.8) is 0 Å². The van der Waals surface area contributed by atoms with Crippen molar-refractivity contribution in [2.45, 2.75) is 11.0 Å². The smallest absolute Gasteiger partial charge is 0.293 e. The van der Waals surface area contributed by atoms with Crippen molar-refractivity contribution in [3.8, 4) is 0 Å². The van der Waals surface area contributed by atoms with Gasteiger partial charge in [-0.15, -0.1) is 0 Å². The van der Waals surface area contributed by atoms with Gasteiger partial charge >= 0.3 is 0 Å². The lowest BCUT2D eigenvalue weighted by Crippen LogP contribution is -2.16. The molecule has 8 nitrogen and oxygen atoms in total. The number of nitro groups is 1. The maximum atomic E-state index is 13.8. The van der Waals surface area contributed by atoms with E-state index >= 15 is 0 Å². The van der Waals surface area contributed by atoms with Gasteiger partial charge in [0, 0.05) is 23.9 Å². The molecule has 156 valence electrons. The van der Waals surface area contributed by atoms with Crippen LogP contribution in [0.5, 0.6) is 0 Å². The van der Waals surface area contributed by atoms with Crippen LogP contribution in [-0.2, 0) is 10.0 Å². The van der Waals surface area contributed by atoms with Gasteiger partial charge in [-0.2, -0.15) is 0 Å². The van der Waals surface area contributed by atoms with Crippen LogP contribution in [0.15, 0.2) is 77.7 Å². The van der Waals surface area contributed by atoms with Gasteiger partial charge in [-0.1, -0.05) is 36.4 Å². The second-order valence-electron chi connectivity index (χ2n) is 6.33. The Labute approximate surface area is 172 Å². The Hall–Kier alpha value is -3.50. The van der Waals surface area contributed by atoms with E-state index in [-0.39, 0.29) is 22.7 Å². The number of anilines is 2. The van der Waals surface area contributed by atoms with Crippen LogP contribution in [0, 0.1) is 15.9 Å². The van der Waals surface area contributed by atoms with Gasteiger partial charge in [0.2, 0.25) is 0 Å². The molecule has 0 amide bonds. The van der Waals surface area contributed by atoms with Crippen molar-refractivity contribution >= 4 is 27.1 Å².